The van der Waals surface area contributed by atoms with Crippen LogP contribution in [0.2, 0.25) is 5.15 Å². The fourth-order valence-corrected chi connectivity index (χ4v) is 1.46. The Morgan fingerprint density at radius 1 is 1.39 bits per heavy atom. The fourth-order valence-electron chi connectivity index (χ4n) is 1.25. The van der Waals surface area contributed by atoms with Crippen molar-refractivity contribution in [2.75, 3.05) is 5.32 Å². The van der Waals surface area contributed by atoms with Crippen molar-refractivity contribution in [1.82, 2.24) is 4.98 Å². The van der Waals surface area contributed by atoms with E-state index in [4.69, 9.17) is 16.3 Å². The van der Waals surface area contributed by atoms with Crippen molar-refractivity contribution in [2.24, 2.45) is 0 Å². The summed E-state index contributed by atoms with van der Waals surface area (Å²) in [4.78, 5) is 26.8. The van der Waals surface area contributed by atoms with Gasteiger partial charge in [0.2, 0.25) is 0 Å². The minimum absolute atomic E-state index is 0.0496. The molecule has 98 valence electrons. The van der Waals surface area contributed by atoms with Crippen LogP contribution in [-0.2, 0) is 4.74 Å². The van der Waals surface area contributed by atoms with Crippen LogP contribution < -0.4 is 5.32 Å². The smallest absolute Gasteiger partial charge is 0.412 e. The van der Waals surface area contributed by atoms with Crippen molar-refractivity contribution < 1.29 is 14.3 Å². The number of nitrogens with one attached hydrogen (secondary N) is 1. The molecule has 5 nitrogen and oxygen atoms in total. The van der Waals surface area contributed by atoms with Crippen LogP contribution in [0.15, 0.2) is 12.3 Å². The minimum atomic E-state index is -0.681. The number of amides is 1. The topological polar surface area (TPSA) is 68.3 Å². The first-order valence-corrected chi connectivity index (χ1v) is 5.74. The number of Topliss-reactive ketones (excluding diaryl/α,β-unsaturated/α-hetero) is 1. The summed E-state index contributed by atoms with van der Waals surface area (Å²) in [5.74, 6) is -0.217. The van der Waals surface area contributed by atoms with Crippen molar-refractivity contribution in [3.8, 4) is 0 Å². The van der Waals surface area contributed by atoms with Gasteiger partial charge in [-0.05, 0) is 33.8 Å². The summed E-state index contributed by atoms with van der Waals surface area (Å²) in [7, 11) is 0. The largest absolute Gasteiger partial charge is 0.444 e. The molecule has 1 heterocycles. The highest BCUT2D eigenvalue weighted by Gasteiger charge is 2.19. The van der Waals surface area contributed by atoms with Gasteiger partial charge in [-0.3, -0.25) is 10.1 Å². The monoisotopic (exact) mass is 270 g/mol. The number of rotatable bonds is 2. The molecule has 1 rings (SSSR count). The molecule has 0 aliphatic heterocycles. The Bertz CT molecular complexity index is 481. The summed E-state index contributed by atoms with van der Waals surface area (Å²) in [5.41, 5.74) is -0.170. The Balaban J connectivity index is 2.97. The van der Waals surface area contributed by atoms with E-state index in [1.165, 1.54) is 19.2 Å². The molecule has 1 aromatic rings. The maximum absolute atomic E-state index is 11.6. The predicted molar refractivity (Wildman–Crippen MR) is 69.1 cm³/mol. The van der Waals surface area contributed by atoms with Gasteiger partial charge in [0.25, 0.3) is 0 Å². The van der Waals surface area contributed by atoms with Crippen LogP contribution in [0.4, 0.5) is 10.5 Å². The summed E-state index contributed by atoms with van der Waals surface area (Å²) >= 11 is 5.86. The molecule has 0 saturated heterocycles. The second-order valence-electron chi connectivity index (χ2n) is 4.71. The molecular formula is C12H15ClN2O3. The summed E-state index contributed by atoms with van der Waals surface area (Å²) < 4.78 is 5.08. The number of nitrogens with zero attached hydrogens (tertiary/aromatic N) is 1. The number of hydrogen-bond acceptors (Lipinski definition) is 4. The number of anilines is 1. The lowest BCUT2D eigenvalue weighted by Gasteiger charge is -2.20. The Kier molecular flexibility index (Phi) is 4.29. The van der Waals surface area contributed by atoms with E-state index >= 15 is 0 Å². The molecule has 0 aromatic carbocycles. The number of ether oxygens (including phenoxy) is 1. The highest BCUT2D eigenvalue weighted by Crippen LogP contribution is 2.24. The maximum Gasteiger partial charge on any atom is 0.412 e. The Morgan fingerprint density at radius 3 is 2.50 bits per heavy atom. The molecule has 1 N–H and O–H groups in total. The standard InChI is InChI=1S/C12H15ClN2O3/c1-7(16)8-5-6-14-10(13)9(8)15-11(17)18-12(2,3)4/h5-6H,1-4H3,(H,15,17). The summed E-state index contributed by atoms with van der Waals surface area (Å²) in [6, 6.07) is 1.49. The Hall–Kier alpha value is -1.62. The van der Waals surface area contributed by atoms with Crippen LogP contribution >= 0.6 is 11.6 Å². The van der Waals surface area contributed by atoms with Crippen LogP contribution in [0.1, 0.15) is 38.1 Å². The first kappa shape index (κ1) is 14.4. The molecule has 0 aliphatic carbocycles. The minimum Gasteiger partial charge on any atom is -0.444 e. The number of hydrogen-bond donors (Lipinski definition) is 1. The first-order chi connectivity index (χ1) is 8.20. The van der Waals surface area contributed by atoms with E-state index in [0.29, 0.717) is 5.56 Å². The lowest BCUT2D eigenvalue weighted by Crippen LogP contribution is -2.27. The van der Waals surface area contributed by atoms with Crippen molar-refractivity contribution in [1.29, 1.82) is 0 Å². The first-order valence-electron chi connectivity index (χ1n) is 5.36. The summed E-state index contributed by atoms with van der Waals surface area (Å²) in [6.07, 6.45) is 0.721. The van der Waals surface area contributed by atoms with Gasteiger partial charge < -0.3 is 4.74 Å². The third-order valence-corrected chi connectivity index (χ3v) is 2.20. The van der Waals surface area contributed by atoms with Crippen molar-refractivity contribution in [3.63, 3.8) is 0 Å². The van der Waals surface area contributed by atoms with Gasteiger partial charge in [-0.25, -0.2) is 9.78 Å². The molecule has 0 radical (unpaired) electrons. The molecule has 0 fully saturated rings. The number of halogens is 1. The lowest BCUT2D eigenvalue weighted by atomic mass is 10.1. The number of carbonyl (C=O) groups is 2. The molecule has 0 bridgehead atoms. The van der Waals surface area contributed by atoms with E-state index in [0.717, 1.165) is 0 Å². The molecule has 0 atom stereocenters. The maximum atomic E-state index is 11.6. The van der Waals surface area contributed by atoms with Crippen molar-refractivity contribution in [2.45, 2.75) is 33.3 Å². The van der Waals surface area contributed by atoms with E-state index < -0.39 is 11.7 Å². The zero-order chi connectivity index (χ0) is 13.9. The molecule has 0 saturated carbocycles. The zero-order valence-electron chi connectivity index (χ0n) is 10.7. The van der Waals surface area contributed by atoms with Gasteiger partial charge in [0.05, 0.1) is 5.69 Å². The van der Waals surface area contributed by atoms with Gasteiger partial charge in [-0.1, -0.05) is 11.6 Å². The molecule has 0 unspecified atom stereocenters. The van der Waals surface area contributed by atoms with Crippen LogP contribution in [0, 0.1) is 0 Å². The molecule has 0 aliphatic rings. The zero-order valence-corrected chi connectivity index (χ0v) is 11.5. The molecular weight excluding hydrogens is 256 g/mol. The number of aromatic nitrogens is 1. The van der Waals surface area contributed by atoms with Crippen molar-refractivity contribution in [3.05, 3.63) is 23.0 Å². The molecule has 6 heteroatoms. The number of pyridine rings is 1. The van der Waals surface area contributed by atoms with Gasteiger partial charge in [-0.2, -0.15) is 0 Å². The molecule has 1 aromatic heterocycles. The van der Waals surface area contributed by atoms with E-state index in [1.54, 1.807) is 20.8 Å². The number of ketones is 1. The predicted octanol–water partition coefficient (Wildman–Crippen LogP) is 3.28. The van der Waals surface area contributed by atoms with E-state index in [9.17, 15) is 9.59 Å². The second kappa shape index (κ2) is 5.35. The van der Waals surface area contributed by atoms with Crippen molar-refractivity contribution >= 4 is 29.2 Å². The second-order valence-corrected chi connectivity index (χ2v) is 5.07. The SMILES string of the molecule is CC(=O)c1ccnc(Cl)c1NC(=O)OC(C)(C)C. The van der Waals surface area contributed by atoms with Gasteiger partial charge in [-0.15, -0.1) is 0 Å². The Morgan fingerprint density at radius 2 is 2.00 bits per heavy atom. The lowest BCUT2D eigenvalue weighted by molar-refractivity contribution is 0.0636. The normalized spacial score (nSPS) is 10.9. The highest BCUT2D eigenvalue weighted by molar-refractivity contribution is 6.33. The van der Waals surface area contributed by atoms with E-state index in [-0.39, 0.29) is 16.6 Å². The van der Waals surface area contributed by atoms with Gasteiger partial charge in [0, 0.05) is 11.8 Å². The van der Waals surface area contributed by atoms with E-state index in [2.05, 4.69) is 10.3 Å². The van der Waals surface area contributed by atoms with Crippen LogP contribution in [0.3, 0.4) is 0 Å². The summed E-state index contributed by atoms with van der Waals surface area (Å²) in [5, 5.41) is 2.49. The van der Waals surface area contributed by atoms with Crippen LogP contribution in [-0.4, -0.2) is 22.5 Å². The third-order valence-electron chi connectivity index (χ3n) is 1.91. The fraction of sp³-hybridized carbons (Fsp3) is 0.417. The van der Waals surface area contributed by atoms with Gasteiger partial charge in [0.15, 0.2) is 10.9 Å². The average Bonchev–Trinajstić information content (AvgIpc) is 2.17. The summed E-state index contributed by atoms with van der Waals surface area (Å²) in [6.45, 7) is 6.60. The molecule has 0 spiro atoms. The number of carbonyl (C=O) groups excluding carboxylic acids is 2. The quantitative estimate of drug-likeness (QED) is 0.661. The molecule has 18 heavy (non-hydrogen) atoms. The average molecular weight is 271 g/mol. The van der Waals surface area contributed by atoms with Crippen LogP contribution in [0.5, 0.6) is 0 Å². The van der Waals surface area contributed by atoms with E-state index in [1.807, 2.05) is 0 Å². The third kappa shape index (κ3) is 4.00. The Labute approximate surface area is 110 Å². The van der Waals surface area contributed by atoms with Gasteiger partial charge in [0.1, 0.15) is 5.60 Å². The molecule has 1 amide bonds. The van der Waals surface area contributed by atoms with Gasteiger partial charge >= 0.3 is 6.09 Å². The van der Waals surface area contributed by atoms with Crippen LogP contribution in [0.25, 0.3) is 0 Å². The highest BCUT2D eigenvalue weighted by atomic mass is 35.5.